The zero-order valence-corrected chi connectivity index (χ0v) is 14.6. The summed E-state index contributed by atoms with van der Waals surface area (Å²) in [5, 5.41) is 7.00. The number of benzene rings is 2. The lowest BCUT2D eigenvalue weighted by Crippen LogP contribution is -2.31. The van der Waals surface area contributed by atoms with Crippen molar-refractivity contribution >= 4 is 50.4 Å². The van der Waals surface area contributed by atoms with Gasteiger partial charge >= 0.3 is 0 Å². The Labute approximate surface area is 147 Å². The Hall–Kier alpha value is -2.18. The van der Waals surface area contributed by atoms with Crippen LogP contribution in [0.3, 0.4) is 0 Å². The molecule has 0 saturated heterocycles. The van der Waals surface area contributed by atoms with Crippen molar-refractivity contribution < 1.29 is 9.18 Å². The molecule has 1 atom stereocenters. The second kappa shape index (κ2) is 6.75. The van der Waals surface area contributed by atoms with Crippen LogP contribution in [0.15, 0.2) is 36.4 Å². The molecule has 7 heteroatoms. The molecule has 3 aromatic rings. The fraction of sp³-hybridized carbons (Fsp3) is 0.176. The van der Waals surface area contributed by atoms with Crippen LogP contribution in [0, 0.1) is 12.7 Å². The summed E-state index contributed by atoms with van der Waals surface area (Å²) in [6, 6.07) is 9.13. The molecule has 0 aliphatic heterocycles. The van der Waals surface area contributed by atoms with Gasteiger partial charge in [0.05, 0.1) is 25.9 Å². The van der Waals surface area contributed by atoms with E-state index in [0.29, 0.717) is 5.69 Å². The van der Waals surface area contributed by atoms with Crippen molar-refractivity contribution in [1.82, 2.24) is 4.98 Å². The molecular formula is C17H15ClFN3OS. The van der Waals surface area contributed by atoms with Gasteiger partial charge in [-0.25, -0.2) is 9.37 Å². The molecule has 2 aromatic carbocycles. The summed E-state index contributed by atoms with van der Waals surface area (Å²) in [4.78, 5) is 16.7. The number of hydrogen-bond acceptors (Lipinski definition) is 4. The number of nitrogens with one attached hydrogen (secondary N) is 2. The molecule has 0 saturated carbocycles. The summed E-state index contributed by atoms with van der Waals surface area (Å²) in [5.41, 5.74) is 2.16. The maximum Gasteiger partial charge on any atom is 0.246 e. The predicted molar refractivity (Wildman–Crippen MR) is 97.5 cm³/mol. The van der Waals surface area contributed by atoms with E-state index in [4.69, 9.17) is 11.6 Å². The molecule has 0 fully saturated rings. The molecule has 0 radical (unpaired) electrons. The highest BCUT2D eigenvalue weighted by molar-refractivity contribution is 7.18. The molecular weight excluding hydrogens is 349 g/mol. The van der Waals surface area contributed by atoms with Crippen LogP contribution >= 0.6 is 22.9 Å². The van der Waals surface area contributed by atoms with E-state index in [1.807, 2.05) is 25.1 Å². The minimum atomic E-state index is -0.488. The number of fused-ring (bicyclic) bond motifs is 1. The molecule has 124 valence electrons. The molecule has 1 unspecified atom stereocenters. The Kier molecular flexibility index (Phi) is 4.69. The van der Waals surface area contributed by atoms with Crippen molar-refractivity contribution in [2.45, 2.75) is 19.9 Å². The molecule has 24 heavy (non-hydrogen) atoms. The number of halogens is 2. The quantitative estimate of drug-likeness (QED) is 0.697. The zero-order chi connectivity index (χ0) is 17.3. The average molecular weight is 364 g/mol. The van der Waals surface area contributed by atoms with Gasteiger partial charge in [-0.1, -0.05) is 11.6 Å². The number of anilines is 2. The summed E-state index contributed by atoms with van der Waals surface area (Å²) in [7, 11) is 0. The van der Waals surface area contributed by atoms with Crippen molar-refractivity contribution in [2.24, 2.45) is 0 Å². The molecule has 0 bridgehead atoms. The molecule has 4 nitrogen and oxygen atoms in total. The highest BCUT2D eigenvalue weighted by Gasteiger charge is 2.15. The maximum absolute atomic E-state index is 13.0. The maximum atomic E-state index is 13.0. The first-order chi connectivity index (χ1) is 11.4. The van der Waals surface area contributed by atoms with Crippen LogP contribution in [0.25, 0.3) is 10.2 Å². The van der Waals surface area contributed by atoms with E-state index in [1.165, 1.54) is 12.1 Å². The van der Waals surface area contributed by atoms with Crippen LogP contribution in [0.4, 0.5) is 15.8 Å². The molecule has 1 heterocycles. The summed E-state index contributed by atoms with van der Waals surface area (Å²) in [5.74, 6) is -0.707. The second-order valence-electron chi connectivity index (χ2n) is 5.39. The van der Waals surface area contributed by atoms with E-state index in [-0.39, 0.29) is 10.9 Å². The van der Waals surface area contributed by atoms with Gasteiger partial charge in [-0.15, -0.1) is 11.3 Å². The van der Waals surface area contributed by atoms with Gasteiger partial charge in [-0.3, -0.25) is 4.79 Å². The summed E-state index contributed by atoms with van der Waals surface area (Å²) >= 11 is 7.53. The van der Waals surface area contributed by atoms with Crippen molar-refractivity contribution in [3.05, 3.63) is 52.2 Å². The fourth-order valence-corrected chi connectivity index (χ4v) is 3.36. The number of rotatable bonds is 4. The molecule has 1 aromatic heterocycles. The number of aromatic nitrogens is 1. The van der Waals surface area contributed by atoms with E-state index in [2.05, 4.69) is 15.6 Å². The Morgan fingerprint density at radius 1 is 1.29 bits per heavy atom. The monoisotopic (exact) mass is 363 g/mol. The summed E-state index contributed by atoms with van der Waals surface area (Å²) in [6.07, 6.45) is 0. The van der Waals surface area contributed by atoms with E-state index in [1.54, 1.807) is 18.3 Å². The third-order valence-electron chi connectivity index (χ3n) is 3.46. The molecule has 0 aliphatic rings. The summed E-state index contributed by atoms with van der Waals surface area (Å²) < 4.78 is 14.1. The first-order valence-electron chi connectivity index (χ1n) is 7.32. The Morgan fingerprint density at radius 3 is 2.83 bits per heavy atom. The minimum Gasteiger partial charge on any atom is -0.374 e. The lowest BCUT2D eigenvalue weighted by molar-refractivity contribution is -0.116. The van der Waals surface area contributed by atoms with Crippen molar-refractivity contribution in [3.63, 3.8) is 0 Å². The molecule has 1 amide bonds. The number of thiazole rings is 1. The lowest BCUT2D eigenvalue weighted by Gasteiger charge is -2.16. The van der Waals surface area contributed by atoms with Crippen LogP contribution in [0.1, 0.15) is 11.9 Å². The standard InChI is InChI=1S/C17H15ClFN3OS/c1-9(17(23)22-14-5-3-11(19)7-13(14)18)20-12-4-6-15-16(8-12)24-10(2)21-15/h3-9,20H,1-2H3,(H,22,23). The molecule has 0 aliphatic carbocycles. The first kappa shape index (κ1) is 16.7. The Balaban J connectivity index is 1.70. The highest BCUT2D eigenvalue weighted by Crippen LogP contribution is 2.26. The normalized spacial score (nSPS) is 12.2. The largest absolute Gasteiger partial charge is 0.374 e. The van der Waals surface area contributed by atoms with Crippen molar-refractivity contribution in [1.29, 1.82) is 0 Å². The first-order valence-corrected chi connectivity index (χ1v) is 8.51. The average Bonchev–Trinajstić information content (AvgIpc) is 2.89. The van der Waals surface area contributed by atoms with Gasteiger partial charge in [-0.05, 0) is 50.2 Å². The number of aryl methyl sites for hydroxylation is 1. The van der Waals surface area contributed by atoms with Gasteiger partial charge in [0.2, 0.25) is 5.91 Å². The predicted octanol–water partition coefficient (Wildman–Crippen LogP) is 4.84. The van der Waals surface area contributed by atoms with Crippen molar-refractivity contribution in [3.8, 4) is 0 Å². The number of carbonyl (C=O) groups excluding carboxylic acids is 1. The van der Waals surface area contributed by atoms with Crippen LogP contribution < -0.4 is 10.6 Å². The molecule has 0 spiro atoms. The number of hydrogen-bond donors (Lipinski definition) is 2. The molecule has 2 N–H and O–H groups in total. The van der Waals surface area contributed by atoms with Gasteiger partial charge in [0, 0.05) is 5.69 Å². The van der Waals surface area contributed by atoms with E-state index >= 15 is 0 Å². The van der Waals surface area contributed by atoms with E-state index in [9.17, 15) is 9.18 Å². The van der Waals surface area contributed by atoms with Crippen LogP contribution in [0.2, 0.25) is 5.02 Å². The number of carbonyl (C=O) groups is 1. The van der Waals surface area contributed by atoms with E-state index in [0.717, 1.165) is 27.0 Å². The highest BCUT2D eigenvalue weighted by atomic mass is 35.5. The minimum absolute atomic E-state index is 0.164. The summed E-state index contributed by atoms with van der Waals surface area (Å²) in [6.45, 7) is 3.70. The number of nitrogens with zero attached hydrogens (tertiary/aromatic N) is 1. The lowest BCUT2D eigenvalue weighted by atomic mass is 10.2. The van der Waals surface area contributed by atoms with Gasteiger partial charge in [0.1, 0.15) is 11.9 Å². The Bertz CT molecular complexity index is 912. The zero-order valence-electron chi connectivity index (χ0n) is 13.1. The van der Waals surface area contributed by atoms with Crippen LogP contribution in [-0.2, 0) is 4.79 Å². The van der Waals surface area contributed by atoms with Crippen LogP contribution in [0.5, 0.6) is 0 Å². The van der Waals surface area contributed by atoms with Crippen LogP contribution in [-0.4, -0.2) is 16.9 Å². The third-order valence-corrected chi connectivity index (χ3v) is 4.71. The topological polar surface area (TPSA) is 54.0 Å². The molecule has 3 rings (SSSR count). The fourth-order valence-electron chi connectivity index (χ4n) is 2.28. The Morgan fingerprint density at radius 2 is 2.08 bits per heavy atom. The number of amides is 1. The smallest absolute Gasteiger partial charge is 0.246 e. The third kappa shape index (κ3) is 3.66. The van der Waals surface area contributed by atoms with Gasteiger partial charge in [-0.2, -0.15) is 0 Å². The SMILES string of the molecule is Cc1nc2ccc(NC(C)C(=O)Nc3ccc(F)cc3Cl)cc2s1. The second-order valence-corrected chi connectivity index (χ2v) is 7.04. The van der Waals surface area contributed by atoms with Crippen molar-refractivity contribution in [2.75, 3.05) is 10.6 Å². The van der Waals surface area contributed by atoms with E-state index < -0.39 is 11.9 Å². The van der Waals surface area contributed by atoms with Gasteiger partial charge in [0.25, 0.3) is 0 Å². The van der Waals surface area contributed by atoms with Gasteiger partial charge < -0.3 is 10.6 Å². The van der Waals surface area contributed by atoms with Gasteiger partial charge in [0.15, 0.2) is 0 Å².